The third kappa shape index (κ3) is 1.55. The summed E-state index contributed by atoms with van der Waals surface area (Å²) in [4.78, 5) is 0. The summed E-state index contributed by atoms with van der Waals surface area (Å²) < 4.78 is 0. The number of benzene rings is 1. The topological polar surface area (TPSA) is 66.5 Å². The molecule has 1 aliphatic rings. The van der Waals surface area contributed by atoms with Crippen LogP contribution in [0.2, 0.25) is 0 Å². The fourth-order valence-corrected chi connectivity index (χ4v) is 1.87. The van der Waals surface area contributed by atoms with E-state index in [-0.39, 0.29) is 17.5 Å². The third-order valence-electron chi connectivity index (χ3n) is 3.03. The zero-order chi connectivity index (χ0) is 10.1. The number of nitrogens with two attached hydrogens (primary N) is 1. The molecule has 0 bridgehead atoms. The van der Waals surface area contributed by atoms with Gasteiger partial charge in [0.25, 0.3) is 0 Å². The van der Waals surface area contributed by atoms with Gasteiger partial charge in [-0.1, -0.05) is 12.5 Å². The first-order valence-corrected chi connectivity index (χ1v) is 4.96. The summed E-state index contributed by atoms with van der Waals surface area (Å²) in [5, 5.41) is 18.7. The van der Waals surface area contributed by atoms with Crippen LogP contribution >= 0.6 is 0 Å². The fourth-order valence-electron chi connectivity index (χ4n) is 1.87. The molecule has 3 heteroatoms. The standard InChI is InChI=1S/C11H15NO2/c12-11(7-2-1-3-7)9-5-4-8(13)6-10(9)14/h4-7,11,13-14H,1-3,12H2/t11-/m0/s1. The first-order chi connectivity index (χ1) is 6.68. The lowest BCUT2D eigenvalue weighted by Crippen LogP contribution is -2.26. The number of rotatable bonds is 2. The number of aromatic hydroxyl groups is 2. The highest BCUT2D eigenvalue weighted by molar-refractivity contribution is 5.41. The lowest BCUT2D eigenvalue weighted by atomic mass is 9.77. The van der Waals surface area contributed by atoms with Crippen molar-refractivity contribution in [2.75, 3.05) is 0 Å². The Bertz CT molecular complexity index is 334. The monoisotopic (exact) mass is 193 g/mol. The molecule has 14 heavy (non-hydrogen) atoms. The molecular weight excluding hydrogens is 178 g/mol. The van der Waals surface area contributed by atoms with Crippen LogP contribution in [0.1, 0.15) is 30.9 Å². The second-order valence-electron chi connectivity index (χ2n) is 3.96. The second kappa shape index (κ2) is 3.50. The minimum Gasteiger partial charge on any atom is -0.508 e. The van der Waals surface area contributed by atoms with E-state index < -0.39 is 0 Å². The molecule has 4 N–H and O–H groups in total. The number of phenols is 2. The van der Waals surface area contributed by atoms with Crippen LogP contribution in [-0.4, -0.2) is 10.2 Å². The summed E-state index contributed by atoms with van der Waals surface area (Å²) in [7, 11) is 0. The summed E-state index contributed by atoms with van der Waals surface area (Å²) >= 11 is 0. The molecule has 0 spiro atoms. The van der Waals surface area contributed by atoms with Crippen molar-refractivity contribution in [1.29, 1.82) is 0 Å². The average Bonchev–Trinajstić information content (AvgIpc) is 2.00. The van der Waals surface area contributed by atoms with Gasteiger partial charge in [-0.25, -0.2) is 0 Å². The fraction of sp³-hybridized carbons (Fsp3) is 0.455. The van der Waals surface area contributed by atoms with Gasteiger partial charge in [0.15, 0.2) is 0 Å². The van der Waals surface area contributed by atoms with Gasteiger partial charge in [0.2, 0.25) is 0 Å². The Labute approximate surface area is 83.2 Å². The van der Waals surface area contributed by atoms with Crippen LogP contribution in [0.5, 0.6) is 11.5 Å². The summed E-state index contributed by atoms with van der Waals surface area (Å²) in [6.07, 6.45) is 3.51. The smallest absolute Gasteiger partial charge is 0.124 e. The van der Waals surface area contributed by atoms with Crippen LogP contribution in [0.15, 0.2) is 18.2 Å². The van der Waals surface area contributed by atoms with Gasteiger partial charge in [0.1, 0.15) is 11.5 Å². The van der Waals surface area contributed by atoms with Crippen molar-refractivity contribution in [1.82, 2.24) is 0 Å². The zero-order valence-electron chi connectivity index (χ0n) is 7.98. The minimum absolute atomic E-state index is 0.0760. The van der Waals surface area contributed by atoms with Crippen molar-refractivity contribution in [3.05, 3.63) is 23.8 Å². The Morgan fingerprint density at radius 3 is 2.50 bits per heavy atom. The van der Waals surface area contributed by atoms with Gasteiger partial charge in [0, 0.05) is 17.7 Å². The Morgan fingerprint density at radius 2 is 2.00 bits per heavy atom. The van der Waals surface area contributed by atoms with Crippen LogP contribution in [0.4, 0.5) is 0 Å². The predicted molar refractivity (Wildman–Crippen MR) is 54.0 cm³/mol. The lowest BCUT2D eigenvalue weighted by molar-refractivity contribution is 0.260. The average molecular weight is 193 g/mol. The second-order valence-corrected chi connectivity index (χ2v) is 3.96. The van der Waals surface area contributed by atoms with Crippen LogP contribution in [0.3, 0.4) is 0 Å². The molecule has 76 valence electrons. The Morgan fingerprint density at radius 1 is 1.29 bits per heavy atom. The molecule has 1 aromatic rings. The SMILES string of the molecule is N[C@H](c1ccc(O)cc1O)C1CCC1. The largest absolute Gasteiger partial charge is 0.508 e. The number of phenolic OH excluding ortho intramolecular Hbond substituents is 2. The van der Waals surface area contributed by atoms with Crippen LogP contribution in [-0.2, 0) is 0 Å². The third-order valence-corrected chi connectivity index (χ3v) is 3.03. The molecule has 0 unspecified atom stereocenters. The molecule has 0 aromatic heterocycles. The number of hydrogen-bond acceptors (Lipinski definition) is 3. The maximum Gasteiger partial charge on any atom is 0.124 e. The molecule has 1 atom stereocenters. The van der Waals surface area contributed by atoms with E-state index in [9.17, 15) is 5.11 Å². The number of hydrogen-bond donors (Lipinski definition) is 3. The van der Waals surface area contributed by atoms with Crippen molar-refractivity contribution in [2.24, 2.45) is 11.7 Å². The molecule has 1 fully saturated rings. The normalized spacial score (nSPS) is 18.9. The molecule has 0 amide bonds. The van der Waals surface area contributed by atoms with E-state index >= 15 is 0 Å². The molecule has 0 radical (unpaired) electrons. The lowest BCUT2D eigenvalue weighted by Gasteiger charge is -2.31. The van der Waals surface area contributed by atoms with E-state index in [0.29, 0.717) is 5.92 Å². The maximum atomic E-state index is 9.59. The van der Waals surface area contributed by atoms with E-state index in [2.05, 4.69) is 0 Å². The van der Waals surface area contributed by atoms with E-state index in [1.165, 1.54) is 12.5 Å². The van der Waals surface area contributed by atoms with E-state index in [1.54, 1.807) is 12.1 Å². The maximum absolute atomic E-state index is 9.59. The Hall–Kier alpha value is -1.22. The quantitative estimate of drug-likeness (QED) is 0.672. The van der Waals surface area contributed by atoms with Gasteiger partial charge < -0.3 is 15.9 Å². The minimum atomic E-state index is -0.0932. The Kier molecular flexibility index (Phi) is 2.33. The van der Waals surface area contributed by atoms with Crippen molar-refractivity contribution < 1.29 is 10.2 Å². The van der Waals surface area contributed by atoms with Crippen LogP contribution in [0, 0.1) is 5.92 Å². The van der Waals surface area contributed by atoms with Gasteiger partial charge in [-0.15, -0.1) is 0 Å². The van der Waals surface area contributed by atoms with E-state index in [1.807, 2.05) is 0 Å². The summed E-state index contributed by atoms with van der Waals surface area (Å²) in [6, 6.07) is 4.51. The summed E-state index contributed by atoms with van der Waals surface area (Å²) in [6.45, 7) is 0. The van der Waals surface area contributed by atoms with Crippen LogP contribution in [0.25, 0.3) is 0 Å². The molecule has 0 aliphatic heterocycles. The highest BCUT2D eigenvalue weighted by atomic mass is 16.3. The van der Waals surface area contributed by atoms with Crippen molar-refractivity contribution in [2.45, 2.75) is 25.3 Å². The van der Waals surface area contributed by atoms with Gasteiger partial charge in [0.05, 0.1) is 0 Å². The van der Waals surface area contributed by atoms with Gasteiger partial charge >= 0.3 is 0 Å². The highest BCUT2D eigenvalue weighted by Gasteiger charge is 2.27. The molecule has 1 aromatic carbocycles. The highest BCUT2D eigenvalue weighted by Crippen LogP contribution is 2.39. The molecular formula is C11H15NO2. The first kappa shape index (κ1) is 9.34. The molecule has 1 saturated carbocycles. The van der Waals surface area contributed by atoms with Crippen molar-refractivity contribution in [3.63, 3.8) is 0 Å². The summed E-state index contributed by atoms with van der Waals surface area (Å²) in [5.41, 5.74) is 6.75. The summed E-state index contributed by atoms with van der Waals surface area (Å²) in [5.74, 6) is 0.668. The predicted octanol–water partition coefficient (Wildman–Crippen LogP) is 1.90. The van der Waals surface area contributed by atoms with Crippen molar-refractivity contribution >= 4 is 0 Å². The van der Waals surface area contributed by atoms with Crippen molar-refractivity contribution in [3.8, 4) is 11.5 Å². The first-order valence-electron chi connectivity index (χ1n) is 4.96. The van der Waals surface area contributed by atoms with Crippen LogP contribution < -0.4 is 5.73 Å². The van der Waals surface area contributed by atoms with E-state index in [4.69, 9.17) is 10.8 Å². The Balaban J connectivity index is 2.22. The molecule has 2 rings (SSSR count). The molecule has 0 heterocycles. The molecule has 0 saturated heterocycles. The van der Waals surface area contributed by atoms with Gasteiger partial charge in [-0.2, -0.15) is 0 Å². The van der Waals surface area contributed by atoms with Gasteiger partial charge in [-0.05, 0) is 24.8 Å². The van der Waals surface area contributed by atoms with Gasteiger partial charge in [-0.3, -0.25) is 0 Å². The molecule has 3 nitrogen and oxygen atoms in total. The van der Waals surface area contributed by atoms with E-state index in [0.717, 1.165) is 18.4 Å². The zero-order valence-corrected chi connectivity index (χ0v) is 7.98. The molecule has 1 aliphatic carbocycles.